The summed E-state index contributed by atoms with van der Waals surface area (Å²) in [6, 6.07) is 19.3. The van der Waals surface area contributed by atoms with Crippen molar-refractivity contribution in [3.05, 3.63) is 66.2 Å². The Morgan fingerprint density at radius 3 is 2.06 bits per heavy atom. The van der Waals surface area contributed by atoms with Crippen molar-refractivity contribution in [3.63, 3.8) is 0 Å². The Kier molecular flexibility index (Phi) is 3.86. The van der Waals surface area contributed by atoms with E-state index in [-0.39, 0.29) is 0 Å². The van der Waals surface area contributed by atoms with Crippen LogP contribution < -0.4 is 4.72 Å². The first-order valence-corrected chi connectivity index (χ1v) is 6.25. The molecule has 0 heterocycles. The summed E-state index contributed by atoms with van der Waals surface area (Å²) in [5.41, 5.74) is 1.13. The smallest absolute Gasteiger partial charge is 0.125 e. The van der Waals surface area contributed by atoms with Crippen LogP contribution in [0.5, 0.6) is 0 Å². The highest BCUT2D eigenvalue weighted by atomic mass is 32.2. The van der Waals surface area contributed by atoms with Gasteiger partial charge in [0, 0.05) is 6.54 Å². The summed E-state index contributed by atoms with van der Waals surface area (Å²) < 4.78 is 14.8. The van der Waals surface area contributed by atoms with Gasteiger partial charge in [0.05, 0.1) is 4.90 Å². The fourth-order valence-corrected chi connectivity index (χ4v) is 2.24. The Balaban J connectivity index is 1.95. The molecule has 0 aromatic heterocycles. The third-order valence-corrected chi connectivity index (χ3v) is 3.31. The van der Waals surface area contributed by atoms with Gasteiger partial charge in [0.1, 0.15) is 11.0 Å². The zero-order valence-electron chi connectivity index (χ0n) is 8.80. The molecule has 0 aliphatic heterocycles. The van der Waals surface area contributed by atoms with Gasteiger partial charge in [0.2, 0.25) is 0 Å². The number of benzene rings is 2. The number of hydrogen-bond donors (Lipinski definition) is 1. The molecule has 0 saturated heterocycles. The van der Waals surface area contributed by atoms with E-state index in [0.29, 0.717) is 6.54 Å². The zero-order chi connectivity index (χ0) is 11.2. The van der Waals surface area contributed by atoms with Crippen molar-refractivity contribution in [3.8, 4) is 0 Å². The van der Waals surface area contributed by atoms with Crippen molar-refractivity contribution < 1.29 is 4.21 Å². The Labute approximate surface area is 97.9 Å². The van der Waals surface area contributed by atoms with Crippen molar-refractivity contribution in [2.24, 2.45) is 0 Å². The second-order valence-electron chi connectivity index (χ2n) is 3.39. The normalized spacial score (nSPS) is 12.2. The topological polar surface area (TPSA) is 29.1 Å². The third kappa shape index (κ3) is 3.02. The van der Waals surface area contributed by atoms with Crippen molar-refractivity contribution >= 4 is 11.0 Å². The lowest BCUT2D eigenvalue weighted by Crippen LogP contribution is -2.16. The lowest BCUT2D eigenvalue weighted by atomic mass is 10.2. The second-order valence-corrected chi connectivity index (χ2v) is 4.69. The van der Waals surface area contributed by atoms with Crippen LogP contribution in [-0.4, -0.2) is 4.21 Å². The molecule has 2 nitrogen and oxygen atoms in total. The SMILES string of the molecule is O=[S@](NCc1ccccc1)c1ccccc1. The summed E-state index contributed by atoms with van der Waals surface area (Å²) in [4.78, 5) is 0.804. The molecule has 1 atom stereocenters. The Morgan fingerprint density at radius 2 is 1.44 bits per heavy atom. The highest BCUT2D eigenvalue weighted by Gasteiger charge is 2.01. The number of hydrogen-bond acceptors (Lipinski definition) is 1. The largest absolute Gasteiger partial charge is 0.237 e. The average molecular weight is 231 g/mol. The second kappa shape index (κ2) is 5.58. The van der Waals surface area contributed by atoms with E-state index in [1.54, 1.807) is 0 Å². The monoisotopic (exact) mass is 231 g/mol. The van der Waals surface area contributed by atoms with E-state index in [4.69, 9.17) is 0 Å². The molecule has 0 spiro atoms. The fourth-order valence-electron chi connectivity index (χ4n) is 1.37. The van der Waals surface area contributed by atoms with Gasteiger partial charge in [-0.2, -0.15) is 0 Å². The summed E-state index contributed by atoms with van der Waals surface area (Å²) in [6.07, 6.45) is 0. The van der Waals surface area contributed by atoms with Crippen LogP contribution in [0.25, 0.3) is 0 Å². The maximum Gasteiger partial charge on any atom is 0.125 e. The van der Waals surface area contributed by atoms with Crippen LogP contribution in [0.1, 0.15) is 5.56 Å². The van der Waals surface area contributed by atoms with Gasteiger partial charge in [0.15, 0.2) is 0 Å². The van der Waals surface area contributed by atoms with E-state index >= 15 is 0 Å². The highest BCUT2D eigenvalue weighted by molar-refractivity contribution is 7.83. The Bertz CT molecular complexity index is 456. The maximum atomic E-state index is 11.8. The molecule has 0 saturated carbocycles. The zero-order valence-corrected chi connectivity index (χ0v) is 9.61. The lowest BCUT2D eigenvalue weighted by molar-refractivity contribution is 0.672. The van der Waals surface area contributed by atoms with Crippen LogP contribution in [-0.2, 0) is 17.5 Å². The van der Waals surface area contributed by atoms with Gasteiger partial charge < -0.3 is 0 Å². The Hall–Kier alpha value is -1.45. The van der Waals surface area contributed by atoms with Crippen molar-refractivity contribution in [1.29, 1.82) is 0 Å². The fraction of sp³-hybridized carbons (Fsp3) is 0.0769. The minimum absolute atomic E-state index is 0.613. The average Bonchev–Trinajstić information content (AvgIpc) is 2.38. The molecule has 0 aliphatic rings. The molecule has 2 rings (SSSR count). The number of nitrogens with one attached hydrogen (secondary N) is 1. The van der Waals surface area contributed by atoms with Crippen LogP contribution in [0.2, 0.25) is 0 Å². The molecule has 0 radical (unpaired) electrons. The van der Waals surface area contributed by atoms with Gasteiger partial charge in [-0.15, -0.1) is 0 Å². The molecule has 1 N–H and O–H groups in total. The van der Waals surface area contributed by atoms with Crippen molar-refractivity contribution in [1.82, 2.24) is 4.72 Å². The molecule has 0 unspecified atom stereocenters. The molecule has 3 heteroatoms. The highest BCUT2D eigenvalue weighted by Crippen LogP contribution is 2.04. The van der Waals surface area contributed by atoms with Gasteiger partial charge in [0.25, 0.3) is 0 Å². The first-order chi connectivity index (χ1) is 7.86. The molecule has 2 aromatic rings. The van der Waals surface area contributed by atoms with Crippen LogP contribution in [0.3, 0.4) is 0 Å². The molecule has 16 heavy (non-hydrogen) atoms. The van der Waals surface area contributed by atoms with Crippen molar-refractivity contribution in [2.75, 3.05) is 0 Å². The van der Waals surface area contributed by atoms with Gasteiger partial charge in [-0.25, -0.2) is 8.93 Å². The van der Waals surface area contributed by atoms with Gasteiger partial charge >= 0.3 is 0 Å². The summed E-state index contributed by atoms with van der Waals surface area (Å²) in [7, 11) is -1.13. The minimum atomic E-state index is -1.13. The van der Waals surface area contributed by atoms with Crippen LogP contribution in [0.15, 0.2) is 65.6 Å². The quantitative estimate of drug-likeness (QED) is 0.860. The predicted octanol–water partition coefficient (Wildman–Crippen LogP) is 2.50. The van der Waals surface area contributed by atoms with E-state index in [1.807, 2.05) is 60.7 Å². The minimum Gasteiger partial charge on any atom is -0.237 e. The lowest BCUT2D eigenvalue weighted by Gasteiger charge is -2.04. The summed E-state index contributed by atoms with van der Waals surface area (Å²) in [6.45, 7) is 0.613. The summed E-state index contributed by atoms with van der Waals surface area (Å²) in [5.74, 6) is 0. The third-order valence-electron chi connectivity index (χ3n) is 2.21. The van der Waals surface area contributed by atoms with Crippen LogP contribution in [0, 0.1) is 0 Å². The van der Waals surface area contributed by atoms with Gasteiger partial charge in [-0.3, -0.25) is 0 Å². The van der Waals surface area contributed by atoms with Gasteiger partial charge in [-0.05, 0) is 17.7 Å². The standard InChI is InChI=1S/C13H13NOS/c15-16(13-9-5-2-6-10-13)14-11-12-7-3-1-4-8-12/h1-10,14H,11H2/t16-/m0/s1. The Morgan fingerprint density at radius 1 is 0.875 bits per heavy atom. The van der Waals surface area contributed by atoms with Crippen molar-refractivity contribution in [2.45, 2.75) is 11.4 Å². The molecule has 0 fully saturated rings. The van der Waals surface area contributed by atoms with E-state index in [2.05, 4.69) is 4.72 Å². The summed E-state index contributed by atoms with van der Waals surface area (Å²) in [5, 5.41) is 0. The molecule has 2 aromatic carbocycles. The molecular weight excluding hydrogens is 218 g/mol. The predicted molar refractivity (Wildman–Crippen MR) is 66.1 cm³/mol. The molecule has 0 bridgehead atoms. The van der Waals surface area contributed by atoms with Crippen LogP contribution >= 0.6 is 0 Å². The van der Waals surface area contributed by atoms with E-state index in [1.165, 1.54) is 0 Å². The van der Waals surface area contributed by atoms with Gasteiger partial charge in [-0.1, -0.05) is 48.5 Å². The van der Waals surface area contributed by atoms with Crippen LogP contribution in [0.4, 0.5) is 0 Å². The number of rotatable bonds is 4. The molecule has 82 valence electrons. The van der Waals surface area contributed by atoms with E-state index in [9.17, 15) is 4.21 Å². The van der Waals surface area contributed by atoms with E-state index in [0.717, 1.165) is 10.5 Å². The molecule has 0 amide bonds. The molecular formula is C13H13NOS. The summed E-state index contributed by atoms with van der Waals surface area (Å²) >= 11 is 0. The first-order valence-electron chi connectivity index (χ1n) is 5.10. The molecule has 0 aliphatic carbocycles. The maximum absolute atomic E-state index is 11.8. The first kappa shape index (κ1) is 11.0. The van der Waals surface area contributed by atoms with E-state index < -0.39 is 11.0 Å².